The standard InChI is InChI=1S/C16H25ClN2.ClH/c1-13(2)19(12-16(3)7-8-18-11-16)10-14-5-4-6-15(17)9-14;/h4-6,9,13,18H,7-8,10-12H2,1-3H3;1H. The van der Waals surface area contributed by atoms with Gasteiger partial charge in [0.1, 0.15) is 0 Å². The molecule has 2 rings (SSSR count). The van der Waals surface area contributed by atoms with E-state index in [1.807, 2.05) is 12.1 Å². The van der Waals surface area contributed by atoms with Crippen LogP contribution < -0.4 is 5.32 Å². The molecule has 1 N–H and O–H groups in total. The monoisotopic (exact) mass is 316 g/mol. The molecule has 1 aliphatic heterocycles. The first-order valence-corrected chi connectivity index (χ1v) is 7.55. The van der Waals surface area contributed by atoms with Crippen LogP contribution in [0.25, 0.3) is 0 Å². The molecule has 4 heteroatoms. The fourth-order valence-electron chi connectivity index (χ4n) is 2.78. The van der Waals surface area contributed by atoms with Gasteiger partial charge < -0.3 is 5.32 Å². The minimum Gasteiger partial charge on any atom is -0.316 e. The van der Waals surface area contributed by atoms with Crippen LogP contribution in [-0.2, 0) is 6.54 Å². The minimum absolute atomic E-state index is 0. The molecule has 0 amide bonds. The zero-order valence-electron chi connectivity index (χ0n) is 12.7. The summed E-state index contributed by atoms with van der Waals surface area (Å²) < 4.78 is 0. The van der Waals surface area contributed by atoms with Crippen molar-refractivity contribution in [2.75, 3.05) is 19.6 Å². The molecule has 1 atom stereocenters. The average molecular weight is 317 g/mol. The van der Waals surface area contributed by atoms with Gasteiger partial charge in [0.2, 0.25) is 0 Å². The van der Waals surface area contributed by atoms with E-state index in [9.17, 15) is 0 Å². The lowest BCUT2D eigenvalue weighted by Crippen LogP contribution is -2.40. The predicted octanol–water partition coefficient (Wildman–Crippen LogP) is 3.97. The number of hydrogen-bond donors (Lipinski definition) is 1. The van der Waals surface area contributed by atoms with E-state index in [-0.39, 0.29) is 12.4 Å². The Hall–Kier alpha value is -0.280. The maximum Gasteiger partial charge on any atom is 0.0409 e. The van der Waals surface area contributed by atoms with Gasteiger partial charge in [-0.05, 0) is 49.9 Å². The van der Waals surface area contributed by atoms with E-state index in [4.69, 9.17) is 11.6 Å². The van der Waals surface area contributed by atoms with Crippen LogP contribution in [-0.4, -0.2) is 30.6 Å². The lowest BCUT2D eigenvalue weighted by molar-refractivity contribution is 0.137. The van der Waals surface area contributed by atoms with Crippen molar-refractivity contribution in [2.45, 2.75) is 39.8 Å². The smallest absolute Gasteiger partial charge is 0.0409 e. The quantitative estimate of drug-likeness (QED) is 0.884. The first-order chi connectivity index (χ1) is 8.98. The van der Waals surface area contributed by atoms with Crippen molar-refractivity contribution >= 4 is 24.0 Å². The summed E-state index contributed by atoms with van der Waals surface area (Å²) in [4.78, 5) is 2.55. The number of nitrogens with zero attached hydrogens (tertiary/aromatic N) is 1. The lowest BCUT2D eigenvalue weighted by Gasteiger charge is -2.34. The van der Waals surface area contributed by atoms with E-state index in [1.54, 1.807) is 0 Å². The third-order valence-electron chi connectivity index (χ3n) is 4.05. The van der Waals surface area contributed by atoms with E-state index < -0.39 is 0 Å². The van der Waals surface area contributed by atoms with Crippen molar-refractivity contribution in [2.24, 2.45) is 5.41 Å². The summed E-state index contributed by atoms with van der Waals surface area (Å²) >= 11 is 6.08. The highest BCUT2D eigenvalue weighted by atomic mass is 35.5. The number of nitrogens with one attached hydrogen (secondary N) is 1. The molecule has 0 aliphatic carbocycles. The third-order valence-corrected chi connectivity index (χ3v) is 4.28. The fourth-order valence-corrected chi connectivity index (χ4v) is 3.00. The highest BCUT2D eigenvalue weighted by Gasteiger charge is 2.31. The highest BCUT2D eigenvalue weighted by Crippen LogP contribution is 2.27. The molecule has 0 bridgehead atoms. The summed E-state index contributed by atoms with van der Waals surface area (Å²) in [5.41, 5.74) is 1.71. The van der Waals surface area contributed by atoms with Crippen molar-refractivity contribution in [1.82, 2.24) is 10.2 Å². The number of rotatable bonds is 5. The second-order valence-electron chi connectivity index (χ2n) is 6.37. The molecular weight excluding hydrogens is 291 g/mol. The van der Waals surface area contributed by atoms with Crippen LogP contribution in [0.15, 0.2) is 24.3 Å². The van der Waals surface area contributed by atoms with Gasteiger partial charge in [0, 0.05) is 30.7 Å². The van der Waals surface area contributed by atoms with Crippen LogP contribution in [0, 0.1) is 5.41 Å². The minimum atomic E-state index is 0. The second-order valence-corrected chi connectivity index (χ2v) is 6.80. The van der Waals surface area contributed by atoms with Crippen molar-refractivity contribution in [3.63, 3.8) is 0 Å². The van der Waals surface area contributed by atoms with Gasteiger partial charge in [0.15, 0.2) is 0 Å². The molecule has 1 fully saturated rings. The Bertz CT molecular complexity index is 415. The fraction of sp³-hybridized carbons (Fsp3) is 0.625. The summed E-state index contributed by atoms with van der Waals surface area (Å²) in [6.07, 6.45) is 1.27. The van der Waals surface area contributed by atoms with Gasteiger partial charge in [-0.25, -0.2) is 0 Å². The van der Waals surface area contributed by atoms with Crippen LogP contribution >= 0.6 is 24.0 Å². The number of benzene rings is 1. The Balaban J connectivity index is 0.00000200. The lowest BCUT2D eigenvalue weighted by atomic mass is 9.88. The van der Waals surface area contributed by atoms with Crippen LogP contribution in [0.3, 0.4) is 0 Å². The van der Waals surface area contributed by atoms with Crippen LogP contribution in [0.2, 0.25) is 5.02 Å². The van der Waals surface area contributed by atoms with Crippen molar-refractivity contribution in [1.29, 1.82) is 0 Å². The van der Waals surface area contributed by atoms with Crippen molar-refractivity contribution in [3.8, 4) is 0 Å². The maximum atomic E-state index is 6.08. The van der Waals surface area contributed by atoms with Crippen molar-refractivity contribution in [3.05, 3.63) is 34.9 Å². The van der Waals surface area contributed by atoms with Gasteiger partial charge in [0.25, 0.3) is 0 Å². The molecule has 20 heavy (non-hydrogen) atoms. The SMILES string of the molecule is CC(C)N(Cc1cccc(Cl)c1)CC1(C)CCNC1.Cl. The molecule has 0 saturated carbocycles. The first kappa shape index (κ1) is 17.8. The molecule has 1 aromatic rings. The Morgan fingerprint density at radius 3 is 2.70 bits per heavy atom. The van der Waals surface area contributed by atoms with Gasteiger partial charge >= 0.3 is 0 Å². The third kappa shape index (κ3) is 4.92. The molecule has 0 aromatic heterocycles. The van der Waals surface area contributed by atoms with Crippen molar-refractivity contribution < 1.29 is 0 Å². The molecule has 1 aliphatic rings. The zero-order chi connectivity index (χ0) is 13.9. The topological polar surface area (TPSA) is 15.3 Å². The van der Waals surface area contributed by atoms with Gasteiger partial charge in [0.05, 0.1) is 0 Å². The number of halogens is 2. The summed E-state index contributed by atoms with van der Waals surface area (Å²) in [6.45, 7) is 11.3. The van der Waals surface area contributed by atoms with Crippen LogP contribution in [0.4, 0.5) is 0 Å². The van der Waals surface area contributed by atoms with E-state index in [0.29, 0.717) is 11.5 Å². The molecule has 114 valence electrons. The largest absolute Gasteiger partial charge is 0.316 e. The Morgan fingerprint density at radius 2 is 2.15 bits per heavy atom. The summed E-state index contributed by atoms with van der Waals surface area (Å²) in [6, 6.07) is 8.77. The van der Waals surface area contributed by atoms with E-state index >= 15 is 0 Å². The van der Waals surface area contributed by atoms with Crippen LogP contribution in [0.1, 0.15) is 32.8 Å². The second kappa shape index (κ2) is 7.65. The summed E-state index contributed by atoms with van der Waals surface area (Å²) in [5, 5.41) is 4.31. The van der Waals surface area contributed by atoms with Gasteiger partial charge in [-0.1, -0.05) is 30.7 Å². The van der Waals surface area contributed by atoms with Crippen LogP contribution in [0.5, 0.6) is 0 Å². The predicted molar refractivity (Wildman–Crippen MR) is 89.8 cm³/mol. The molecule has 0 radical (unpaired) electrons. The molecule has 0 spiro atoms. The molecule has 1 aromatic carbocycles. The molecule has 1 unspecified atom stereocenters. The zero-order valence-corrected chi connectivity index (χ0v) is 14.2. The number of hydrogen-bond acceptors (Lipinski definition) is 2. The Labute approximate surface area is 134 Å². The maximum absolute atomic E-state index is 6.08. The highest BCUT2D eigenvalue weighted by molar-refractivity contribution is 6.30. The van der Waals surface area contributed by atoms with E-state index in [0.717, 1.165) is 31.2 Å². The molecular formula is C16H26Cl2N2. The van der Waals surface area contributed by atoms with E-state index in [2.05, 4.69) is 43.1 Å². The molecule has 1 saturated heterocycles. The average Bonchev–Trinajstić information content (AvgIpc) is 2.75. The van der Waals surface area contributed by atoms with E-state index in [1.165, 1.54) is 12.0 Å². The molecule has 2 nitrogen and oxygen atoms in total. The Kier molecular flexibility index (Phi) is 6.80. The normalized spacial score (nSPS) is 22.3. The first-order valence-electron chi connectivity index (χ1n) is 7.18. The summed E-state index contributed by atoms with van der Waals surface area (Å²) in [7, 11) is 0. The molecule has 1 heterocycles. The van der Waals surface area contributed by atoms with Gasteiger partial charge in [-0.3, -0.25) is 4.90 Å². The van der Waals surface area contributed by atoms with Gasteiger partial charge in [-0.15, -0.1) is 12.4 Å². The summed E-state index contributed by atoms with van der Waals surface area (Å²) in [5.74, 6) is 0. The van der Waals surface area contributed by atoms with Gasteiger partial charge in [-0.2, -0.15) is 0 Å². The Morgan fingerprint density at radius 1 is 1.40 bits per heavy atom.